The molecule has 1 heterocycles. The number of sulfonamides is 1. The minimum Gasteiger partial charge on any atom is -0.507 e. The van der Waals surface area contributed by atoms with Crippen LogP contribution in [0.3, 0.4) is 0 Å². The fourth-order valence-corrected chi connectivity index (χ4v) is 4.21. The Morgan fingerprint density at radius 1 is 0.938 bits per heavy atom. The summed E-state index contributed by atoms with van der Waals surface area (Å²) in [5.41, 5.74) is 0.0799. The van der Waals surface area contributed by atoms with Gasteiger partial charge >= 0.3 is 6.18 Å². The maximum atomic E-state index is 13.5. The minimum atomic E-state index is -4.76. The Hall–Kier alpha value is -3.57. The number of halogens is 3. The van der Waals surface area contributed by atoms with Crippen molar-refractivity contribution in [3.8, 4) is 28.4 Å². The van der Waals surface area contributed by atoms with E-state index in [2.05, 4.69) is 5.10 Å². The number of benzene rings is 3. The van der Waals surface area contributed by atoms with Gasteiger partial charge in [0.05, 0.1) is 21.7 Å². The predicted molar refractivity (Wildman–Crippen MR) is 111 cm³/mol. The van der Waals surface area contributed by atoms with Crippen molar-refractivity contribution in [3.05, 3.63) is 65.9 Å². The minimum absolute atomic E-state index is 0.0460. The molecule has 0 bridgehead atoms. The van der Waals surface area contributed by atoms with E-state index in [0.717, 1.165) is 34.5 Å². The van der Waals surface area contributed by atoms with E-state index in [1.165, 1.54) is 6.07 Å². The molecule has 0 unspecified atom stereocenters. The average molecular weight is 463 g/mol. The summed E-state index contributed by atoms with van der Waals surface area (Å²) >= 11 is 0. The van der Waals surface area contributed by atoms with Gasteiger partial charge < -0.3 is 10.2 Å². The van der Waals surface area contributed by atoms with Crippen LogP contribution in [0.15, 0.2) is 59.5 Å². The number of primary sulfonamides is 1. The van der Waals surface area contributed by atoms with Crippen LogP contribution < -0.4 is 5.14 Å². The van der Waals surface area contributed by atoms with Crippen molar-refractivity contribution in [2.24, 2.45) is 5.14 Å². The van der Waals surface area contributed by atoms with Crippen LogP contribution in [0.2, 0.25) is 0 Å². The monoisotopic (exact) mass is 463 g/mol. The number of rotatable bonds is 3. The number of aromatic nitrogens is 2. The molecule has 4 aromatic rings. The summed E-state index contributed by atoms with van der Waals surface area (Å²) in [6.07, 6.45) is -4.76. The summed E-state index contributed by atoms with van der Waals surface area (Å²) in [7, 11) is -4.33. The van der Waals surface area contributed by atoms with Gasteiger partial charge in [-0.15, -0.1) is 0 Å². The molecule has 0 saturated carbocycles. The van der Waals surface area contributed by atoms with Gasteiger partial charge in [-0.3, -0.25) is 0 Å². The number of aryl methyl sites for hydroxylation is 1. The first-order valence-corrected chi connectivity index (χ1v) is 10.7. The molecule has 0 radical (unpaired) electrons. The maximum absolute atomic E-state index is 13.5. The van der Waals surface area contributed by atoms with Crippen molar-refractivity contribution in [1.82, 2.24) is 9.78 Å². The molecule has 166 valence electrons. The fourth-order valence-electron chi connectivity index (χ4n) is 3.46. The van der Waals surface area contributed by atoms with Gasteiger partial charge in [-0.1, -0.05) is 29.8 Å². The van der Waals surface area contributed by atoms with Gasteiger partial charge in [0.25, 0.3) is 0 Å². The van der Waals surface area contributed by atoms with Crippen molar-refractivity contribution in [2.45, 2.75) is 18.0 Å². The standard InChI is InChI=1S/C21H16F3N3O4S/c1-11-2-4-12(5-3-11)14-10-18(21(22,23)24)26-27(14)13-6-9-17(32(25,30)31)20-16(29)8-7-15(28)19(13)20/h2-10,28-29H,1H3,(H2,25,30,31). The van der Waals surface area contributed by atoms with Crippen molar-refractivity contribution in [2.75, 3.05) is 0 Å². The maximum Gasteiger partial charge on any atom is 0.435 e. The molecule has 4 N–H and O–H groups in total. The summed E-state index contributed by atoms with van der Waals surface area (Å²) < 4.78 is 65.5. The van der Waals surface area contributed by atoms with Gasteiger partial charge in [-0.2, -0.15) is 18.3 Å². The molecule has 11 heteroatoms. The molecule has 0 amide bonds. The van der Waals surface area contributed by atoms with Gasteiger partial charge in [-0.25, -0.2) is 18.2 Å². The van der Waals surface area contributed by atoms with Crippen LogP contribution in [-0.4, -0.2) is 28.4 Å². The van der Waals surface area contributed by atoms with Gasteiger partial charge in [0.2, 0.25) is 10.0 Å². The van der Waals surface area contributed by atoms with E-state index in [0.29, 0.717) is 5.56 Å². The number of nitrogens with two attached hydrogens (primary N) is 1. The molecule has 0 aliphatic carbocycles. The molecule has 4 rings (SSSR count). The van der Waals surface area contributed by atoms with Crippen LogP contribution in [0.25, 0.3) is 27.7 Å². The topological polar surface area (TPSA) is 118 Å². The summed E-state index contributed by atoms with van der Waals surface area (Å²) in [5.74, 6) is -0.999. The highest BCUT2D eigenvalue weighted by molar-refractivity contribution is 7.89. The Kier molecular flexibility index (Phi) is 4.90. The lowest BCUT2D eigenvalue weighted by atomic mass is 10.1. The van der Waals surface area contributed by atoms with E-state index in [1.807, 2.05) is 6.92 Å². The first kappa shape index (κ1) is 21.7. The third kappa shape index (κ3) is 3.65. The number of aromatic hydroxyl groups is 2. The first-order chi connectivity index (χ1) is 14.9. The van der Waals surface area contributed by atoms with E-state index >= 15 is 0 Å². The zero-order valence-corrected chi connectivity index (χ0v) is 17.2. The van der Waals surface area contributed by atoms with E-state index < -0.39 is 38.3 Å². The van der Waals surface area contributed by atoms with Crippen molar-refractivity contribution in [3.63, 3.8) is 0 Å². The van der Waals surface area contributed by atoms with E-state index in [-0.39, 0.29) is 22.2 Å². The zero-order valence-electron chi connectivity index (χ0n) is 16.4. The number of hydrogen-bond acceptors (Lipinski definition) is 5. The highest BCUT2D eigenvalue weighted by atomic mass is 32.2. The summed E-state index contributed by atoms with van der Waals surface area (Å²) in [4.78, 5) is -0.496. The van der Waals surface area contributed by atoms with Gasteiger partial charge in [-0.05, 0) is 37.3 Å². The second-order valence-electron chi connectivity index (χ2n) is 7.17. The Balaban J connectivity index is 2.13. The molecule has 3 aromatic carbocycles. The number of hydrogen-bond donors (Lipinski definition) is 3. The Morgan fingerprint density at radius 2 is 1.53 bits per heavy atom. The van der Waals surface area contributed by atoms with Crippen LogP contribution >= 0.6 is 0 Å². The highest BCUT2D eigenvalue weighted by Gasteiger charge is 2.36. The highest BCUT2D eigenvalue weighted by Crippen LogP contribution is 2.41. The third-order valence-corrected chi connectivity index (χ3v) is 5.89. The van der Waals surface area contributed by atoms with E-state index in [1.54, 1.807) is 24.3 Å². The summed E-state index contributed by atoms with van der Waals surface area (Å²) in [5, 5.41) is 29.2. The number of fused-ring (bicyclic) bond motifs is 1. The van der Waals surface area contributed by atoms with E-state index in [4.69, 9.17) is 5.14 Å². The Bertz CT molecular complexity index is 1460. The lowest BCUT2D eigenvalue weighted by Crippen LogP contribution is -2.13. The second-order valence-corrected chi connectivity index (χ2v) is 8.70. The molecule has 0 fully saturated rings. The van der Waals surface area contributed by atoms with Crippen LogP contribution in [0.1, 0.15) is 11.3 Å². The average Bonchev–Trinajstić information content (AvgIpc) is 3.15. The van der Waals surface area contributed by atoms with Crippen LogP contribution in [0, 0.1) is 6.92 Å². The lowest BCUT2D eigenvalue weighted by Gasteiger charge is -2.15. The Morgan fingerprint density at radius 3 is 2.09 bits per heavy atom. The molecule has 1 aromatic heterocycles. The van der Waals surface area contributed by atoms with Crippen molar-refractivity contribution < 1.29 is 31.8 Å². The molecule has 0 atom stereocenters. The normalized spacial score (nSPS) is 12.4. The molecule has 7 nitrogen and oxygen atoms in total. The SMILES string of the molecule is Cc1ccc(-c2cc(C(F)(F)F)nn2-c2ccc(S(N)(=O)=O)c3c(O)ccc(O)c23)cc1. The third-order valence-electron chi connectivity index (χ3n) is 4.94. The van der Waals surface area contributed by atoms with Gasteiger partial charge in [0, 0.05) is 10.9 Å². The van der Waals surface area contributed by atoms with Crippen LogP contribution in [0.5, 0.6) is 11.5 Å². The summed E-state index contributed by atoms with van der Waals surface area (Å²) in [6.45, 7) is 1.82. The molecule has 0 spiro atoms. The molecule has 32 heavy (non-hydrogen) atoms. The number of phenolic OH excluding ortho intramolecular Hbond substituents is 2. The molecule has 0 aliphatic rings. The number of alkyl halides is 3. The molecular formula is C21H16F3N3O4S. The van der Waals surface area contributed by atoms with Gasteiger partial charge in [0.15, 0.2) is 5.69 Å². The largest absolute Gasteiger partial charge is 0.507 e. The van der Waals surface area contributed by atoms with E-state index in [9.17, 15) is 31.8 Å². The molecule has 0 saturated heterocycles. The fraction of sp³-hybridized carbons (Fsp3) is 0.0952. The Labute approximate surface area is 180 Å². The van der Waals surface area contributed by atoms with Crippen LogP contribution in [0.4, 0.5) is 13.2 Å². The smallest absolute Gasteiger partial charge is 0.435 e. The van der Waals surface area contributed by atoms with Crippen molar-refractivity contribution in [1.29, 1.82) is 0 Å². The van der Waals surface area contributed by atoms with Gasteiger partial charge in [0.1, 0.15) is 11.5 Å². The second kappa shape index (κ2) is 7.24. The quantitative estimate of drug-likeness (QED) is 0.396. The number of phenols is 2. The van der Waals surface area contributed by atoms with Crippen LogP contribution in [-0.2, 0) is 16.2 Å². The number of nitrogens with zero attached hydrogens (tertiary/aromatic N) is 2. The lowest BCUT2D eigenvalue weighted by molar-refractivity contribution is -0.141. The zero-order chi connectivity index (χ0) is 23.4. The first-order valence-electron chi connectivity index (χ1n) is 9.13. The summed E-state index contributed by atoms with van der Waals surface area (Å²) in [6, 6.07) is 11.9. The molecule has 0 aliphatic heterocycles. The predicted octanol–water partition coefficient (Wildman–Crippen LogP) is 4.08. The van der Waals surface area contributed by atoms with Crippen molar-refractivity contribution >= 4 is 20.8 Å². The molecular weight excluding hydrogens is 447 g/mol.